The summed E-state index contributed by atoms with van der Waals surface area (Å²) >= 11 is 0. The van der Waals surface area contributed by atoms with E-state index in [2.05, 4.69) is 14.8 Å². The van der Waals surface area contributed by atoms with Crippen molar-refractivity contribution in [1.29, 1.82) is 0 Å². The largest absolute Gasteiger partial charge is 0.436 e. The van der Waals surface area contributed by atoms with E-state index in [-0.39, 0.29) is 12.6 Å². The fourth-order valence-corrected chi connectivity index (χ4v) is 0.861. The van der Waals surface area contributed by atoms with Gasteiger partial charge in [-0.15, -0.1) is 0 Å². The number of nitrogens with two attached hydrogens (primary N) is 1. The molecule has 6 heteroatoms. The molecule has 0 bridgehead atoms. The Balaban J connectivity index is 4.19. The SMILES string of the molecule is COCNC(=O)C(OC(N)=O)C(C)C. The molecule has 0 heterocycles. The fourth-order valence-electron chi connectivity index (χ4n) is 0.861. The van der Waals surface area contributed by atoms with Crippen LogP contribution in [0.1, 0.15) is 13.8 Å². The number of ether oxygens (including phenoxy) is 2. The zero-order valence-corrected chi connectivity index (χ0v) is 8.57. The lowest BCUT2D eigenvalue weighted by Crippen LogP contribution is -2.42. The highest BCUT2D eigenvalue weighted by Crippen LogP contribution is 2.06. The zero-order chi connectivity index (χ0) is 11.1. The first-order valence-electron chi connectivity index (χ1n) is 4.21. The molecular weight excluding hydrogens is 188 g/mol. The van der Waals surface area contributed by atoms with E-state index < -0.39 is 18.1 Å². The Kier molecular flexibility index (Phi) is 5.62. The highest BCUT2D eigenvalue weighted by molar-refractivity contribution is 5.83. The van der Waals surface area contributed by atoms with Crippen LogP contribution >= 0.6 is 0 Å². The van der Waals surface area contributed by atoms with Crippen molar-refractivity contribution < 1.29 is 19.1 Å². The van der Waals surface area contributed by atoms with Gasteiger partial charge in [0.05, 0.1) is 0 Å². The van der Waals surface area contributed by atoms with Crippen molar-refractivity contribution in [2.75, 3.05) is 13.8 Å². The molecule has 0 aromatic carbocycles. The molecule has 2 amide bonds. The fraction of sp³-hybridized carbons (Fsp3) is 0.750. The van der Waals surface area contributed by atoms with Gasteiger partial charge in [-0.1, -0.05) is 13.8 Å². The summed E-state index contributed by atoms with van der Waals surface area (Å²) in [4.78, 5) is 21.8. The van der Waals surface area contributed by atoms with E-state index in [9.17, 15) is 9.59 Å². The number of hydrogen-bond acceptors (Lipinski definition) is 4. The van der Waals surface area contributed by atoms with Gasteiger partial charge >= 0.3 is 6.09 Å². The predicted molar refractivity (Wildman–Crippen MR) is 49.3 cm³/mol. The number of hydrogen-bond donors (Lipinski definition) is 2. The first-order valence-corrected chi connectivity index (χ1v) is 4.21. The van der Waals surface area contributed by atoms with Crippen LogP contribution in [0, 0.1) is 5.92 Å². The summed E-state index contributed by atoms with van der Waals surface area (Å²) in [6, 6.07) is 0. The maximum Gasteiger partial charge on any atom is 0.405 e. The molecule has 0 radical (unpaired) electrons. The summed E-state index contributed by atoms with van der Waals surface area (Å²) in [6.45, 7) is 3.57. The van der Waals surface area contributed by atoms with Crippen LogP contribution in [0.15, 0.2) is 0 Å². The van der Waals surface area contributed by atoms with E-state index in [1.54, 1.807) is 13.8 Å². The molecule has 14 heavy (non-hydrogen) atoms. The maximum atomic E-state index is 11.4. The molecule has 0 aromatic heterocycles. The van der Waals surface area contributed by atoms with Gasteiger partial charge in [0.1, 0.15) is 6.73 Å². The molecule has 3 N–H and O–H groups in total. The third kappa shape index (κ3) is 4.66. The first kappa shape index (κ1) is 12.7. The molecule has 0 aromatic rings. The Hall–Kier alpha value is -1.30. The van der Waals surface area contributed by atoms with Crippen molar-refractivity contribution in [2.45, 2.75) is 20.0 Å². The topological polar surface area (TPSA) is 90.7 Å². The molecule has 0 aliphatic rings. The van der Waals surface area contributed by atoms with Crippen LogP contribution in [0.4, 0.5) is 4.79 Å². The molecule has 1 unspecified atom stereocenters. The lowest BCUT2D eigenvalue weighted by Gasteiger charge is -2.19. The number of nitrogens with one attached hydrogen (secondary N) is 1. The summed E-state index contributed by atoms with van der Waals surface area (Å²) in [7, 11) is 1.44. The standard InChI is InChI=1S/C8H16N2O4/c1-5(2)6(14-8(9)12)7(11)10-4-13-3/h5-6H,4H2,1-3H3,(H2,9,12)(H,10,11). The molecule has 0 aliphatic heterocycles. The monoisotopic (exact) mass is 204 g/mol. The van der Waals surface area contributed by atoms with E-state index >= 15 is 0 Å². The van der Waals surface area contributed by atoms with Gasteiger partial charge in [0.2, 0.25) is 0 Å². The number of rotatable bonds is 5. The van der Waals surface area contributed by atoms with E-state index in [1.165, 1.54) is 7.11 Å². The normalized spacial score (nSPS) is 12.3. The van der Waals surface area contributed by atoms with Crippen LogP contribution in [0.5, 0.6) is 0 Å². The summed E-state index contributed by atoms with van der Waals surface area (Å²) in [6.07, 6.45) is -1.83. The summed E-state index contributed by atoms with van der Waals surface area (Å²) < 4.78 is 9.29. The minimum atomic E-state index is -0.962. The van der Waals surface area contributed by atoms with Gasteiger partial charge in [0, 0.05) is 7.11 Å². The molecule has 0 saturated carbocycles. The quantitative estimate of drug-likeness (QED) is 0.608. The second-order valence-corrected chi connectivity index (χ2v) is 3.08. The number of methoxy groups -OCH3 is 1. The number of primary amides is 1. The Labute approximate surface area is 82.7 Å². The van der Waals surface area contributed by atoms with Crippen LogP contribution in [0.2, 0.25) is 0 Å². The molecular formula is C8H16N2O4. The van der Waals surface area contributed by atoms with Crippen LogP contribution in [-0.4, -0.2) is 31.9 Å². The molecule has 0 spiro atoms. The molecule has 1 atom stereocenters. The average molecular weight is 204 g/mol. The predicted octanol–water partition coefficient (Wildman–Crippen LogP) is -0.174. The van der Waals surface area contributed by atoms with Gasteiger partial charge in [-0.05, 0) is 5.92 Å². The first-order chi connectivity index (χ1) is 6.49. The highest BCUT2D eigenvalue weighted by atomic mass is 16.6. The number of amides is 2. The Bertz CT molecular complexity index is 206. The van der Waals surface area contributed by atoms with Crippen LogP contribution in [0.3, 0.4) is 0 Å². The van der Waals surface area contributed by atoms with Crippen molar-refractivity contribution in [3.05, 3.63) is 0 Å². The molecule has 0 saturated heterocycles. The summed E-state index contributed by atoms with van der Waals surface area (Å²) in [5.74, 6) is -0.556. The van der Waals surface area contributed by atoms with Crippen molar-refractivity contribution in [3.63, 3.8) is 0 Å². The molecule has 0 fully saturated rings. The Morgan fingerprint density at radius 2 is 2.00 bits per heavy atom. The molecule has 0 aliphatic carbocycles. The van der Waals surface area contributed by atoms with Gasteiger partial charge < -0.3 is 20.5 Å². The molecule has 6 nitrogen and oxygen atoms in total. The second kappa shape index (κ2) is 6.20. The van der Waals surface area contributed by atoms with Crippen molar-refractivity contribution in [2.24, 2.45) is 11.7 Å². The van der Waals surface area contributed by atoms with Crippen LogP contribution < -0.4 is 11.1 Å². The Morgan fingerprint density at radius 1 is 1.43 bits per heavy atom. The van der Waals surface area contributed by atoms with Crippen molar-refractivity contribution >= 4 is 12.0 Å². The van der Waals surface area contributed by atoms with Crippen LogP contribution in [0.25, 0.3) is 0 Å². The third-order valence-corrected chi connectivity index (χ3v) is 1.50. The summed E-state index contributed by atoms with van der Waals surface area (Å²) in [5.41, 5.74) is 4.83. The summed E-state index contributed by atoms with van der Waals surface area (Å²) in [5, 5.41) is 2.43. The van der Waals surface area contributed by atoms with E-state index in [1.807, 2.05) is 0 Å². The number of carbonyl (C=O) groups is 2. The lowest BCUT2D eigenvalue weighted by atomic mass is 10.1. The highest BCUT2D eigenvalue weighted by Gasteiger charge is 2.24. The Morgan fingerprint density at radius 3 is 2.36 bits per heavy atom. The zero-order valence-electron chi connectivity index (χ0n) is 8.57. The van der Waals surface area contributed by atoms with Crippen LogP contribution in [-0.2, 0) is 14.3 Å². The van der Waals surface area contributed by atoms with Gasteiger partial charge in [0.25, 0.3) is 5.91 Å². The van der Waals surface area contributed by atoms with E-state index in [4.69, 9.17) is 5.73 Å². The maximum absolute atomic E-state index is 11.4. The molecule has 82 valence electrons. The minimum Gasteiger partial charge on any atom is -0.436 e. The van der Waals surface area contributed by atoms with E-state index in [0.717, 1.165) is 0 Å². The third-order valence-electron chi connectivity index (χ3n) is 1.50. The molecule has 0 rings (SSSR count). The lowest BCUT2D eigenvalue weighted by molar-refractivity contribution is -0.133. The second-order valence-electron chi connectivity index (χ2n) is 3.08. The smallest absolute Gasteiger partial charge is 0.405 e. The van der Waals surface area contributed by atoms with E-state index in [0.29, 0.717) is 0 Å². The van der Waals surface area contributed by atoms with Gasteiger partial charge in [-0.3, -0.25) is 4.79 Å². The van der Waals surface area contributed by atoms with Crippen molar-refractivity contribution in [3.8, 4) is 0 Å². The van der Waals surface area contributed by atoms with Crippen molar-refractivity contribution in [1.82, 2.24) is 5.32 Å². The van der Waals surface area contributed by atoms with Gasteiger partial charge in [0.15, 0.2) is 6.10 Å². The average Bonchev–Trinajstić information content (AvgIpc) is 2.09. The minimum absolute atomic E-state index is 0.0736. The number of carbonyl (C=O) groups excluding carboxylic acids is 2. The van der Waals surface area contributed by atoms with Gasteiger partial charge in [-0.2, -0.15) is 0 Å². The van der Waals surface area contributed by atoms with Gasteiger partial charge in [-0.25, -0.2) is 4.79 Å².